The van der Waals surface area contributed by atoms with Crippen LogP contribution in [0.5, 0.6) is 5.75 Å². The third kappa shape index (κ3) is 5.81. The highest BCUT2D eigenvalue weighted by atomic mass is 16.5. The third-order valence-electron chi connectivity index (χ3n) is 6.43. The average molecular weight is 437 g/mol. The number of ether oxygens (including phenoxy) is 1. The molecule has 6 nitrogen and oxygen atoms in total. The Balaban J connectivity index is 1.44. The summed E-state index contributed by atoms with van der Waals surface area (Å²) in [5, 5.41) is 17.3. The summed E-state index contributed by atoms with van der Waals surface area (Å²) in [6.45, 7) is 8.58. The largest absolute Gasteiger partial charge is 0.508 e. The molecule has 6 heteroatoms. The van der Waals surface area contributed by atoms with Gasteiger partial charge in [0.2, 0.25) is 0 Å². The summed E-state index contributed by atoms with van der Waals surface area (Å²) in [5.74, 6) is 1.16. The predicted molar refractivity (Wildman–Crippen MR) is 129 cm³/mol. The molecule has 2 aromatic carbocycles. The van der Waals surface area contributed by atoms with Crippen LogP contribution in [0, 0.1) is 0 Å². The van der Waals surface area contributed by atoms with Crippen molar-refractivity contribution in [2.45, 2.75) is 52.2 Å². The maximum atomic E-state index is 10.5. The van der Waals surface area contributed by atoms with Crippen LogP contribution in [0.4, 0.5) is 0 Å². The fourth-order valence-electron chi connectivity index (χ4n) is 4.63. The fraction of sp³-hybridized carbons (Fsp3) is 0.500. The summed E-state index contributed by atoms with van der Waals surface area (Å²) in [5.41, 5.74) is 6.28. The van der Waals surface area contributed by atoms with Crippen LogP contribution in [-0.4, -0.2) is 48.8 Å². The van der Waals surface area contributed by atoms with Crippen LogP contribution in [-0.2, 0) is 37.2 Å². The number of benzene rings is 2. The molecular formula is C26H36N4O2. The highest BCUT2D eigenvalue weighted by Gasteiger charge is 2.17. The van der Waals surface area contributed by atoms with Crippen LogP contribution in [0.3, 0.4) is 0 Å². The van der Waals surface area contributed by atoms with Gasteiger partial charge in [-0.3, -0.25) is 4.90 Å². The van der Waals surface area contributed by atoms with E-state index >= 15 is 0 Å². The normalized spacial score (nSPS) is 17.1. The smallest absolute Gasteiger partial charge is 0.191 e. The minimum atomic E-state index is 0.379. The van der Waals surface area contributed by atoms with Crippen molar-refractivity contribution in [2.24, 2.45) is 4.99 Å². The SMILES string of the molecule is CCNC(=NCc1ccccc1CN1CCOCC1)NCc1c(O)ccc2c1CCCC2. The number of phenols is 1. The Labute approximate surface area is 191 Å². The number of nitrogens with one attached hydrogen (secondary N) is 2. The molecule has 3 N–H and O–H groups in total. The quantitative estimate of drug-likeness (QED) is 0.459. The highest BCUT2D eigenvalue weighted by molar-refractivity contribution is 5.79. The lowest BCUT2D eigenvalue weighted by molar-refractivity contribution is 0.0341. The predicted octanol–water partition coefficient (Wildman–Crippen LogP) is 3.36. The van der Waals surface area contributed by atoms with Crippen molar-refractivity contribution in [3.8, 4) is 5.75 Å². The minimum Gasteiger partial charge on any atom is -0.508 e. The van der Waals surface area contributed by atoms with Gasteiger partial charge in [0.25, 0.3) is 0 Å². The van der Waals surface area contributed by atoms with Crippen molar-refractivity contribution < 1.29 is 9.84 Å². The van der Waals surface area contributed by atoms with Crippen molar-refractivity contribution in [3.63, 3.8) is 0 Å². The van der Waals surface area contributed by atoms with Crippen molar-refractivity contribution in [3.05, 3.63) is 64.2 Å². The molecule has 2 aromatic rings. The summed E-state index contributed by atoms with van der Waals surface area (Å²) >= 11 is 0. The van der Waals surface area contributed by atoms with Crippen LogP contribution >= 0.6 is 0 Å². The molecule has 0 bridgehead atoms. The molecule has 4 rings (SSSR count). The van der Waals surface area contributed by atoms with Crippen molar-refractivity contribution in [2.75, 3.05) is 32.8 Å². The summed E-state index contributed by atoms with van der Waals surface area (Å²) in [6, 6.07) is 12.5. The minimum absolute atomic E-state index is 0.379. The van der Waals surface area contributed by atoms with Crippen LogP contribution in [0.2, 0.25) is 0 Å². The van der Waals surface area contributed by atoms with E-state index in [0.717, 1.165) is 63.8 Å². The highest BCUT2D eigenvalue weighted by Crippen LogP contribution is 2.30. The molecule has 1 heterocycles. The van der Waals surface area contributed by atoms with E-state index in [9.17, 15) is 5.11 Å². The van der Waals surface area contributed by atoms with Gasteiger partial charge in [-0.15, -0.1) is 0 Å². The van der Waals surface area contributed by atoms with Gasteiger partial charge in [0, 0.05) is 38.3 Å². The molecule has 0 atom stereocenters. The maximum absolute atomic E-state index is 10.5. The second-order valence-corrected chi connectivity index (χ2v) is 8.61. The lowest BCUT2D eigenvalue weighted by atomic mass is 9.88. The molecule has 0 unspecified atom stereocenters. The Hall–Kier alpha value is -2.57. The second kappa shape index (κ2) is 11.3. The number of aliphatic imine (C=N–C) groups is 1. The lowest BCUT2D eigenvalue weighted by Gasteiger charge is -2.27. The van der Waals surface area contributed by atoms with Gasteiger partial charge in [-0.25, -0.2) is 4.99 Å². The number of aromatic hydroxyl groups is 1. The van der Waals surface area contributed by atoms with Crippen molar-refractivity contribution >= 4 is 5.96 Å². The molecule has 2 aliphatic rings. The van der Waals surface area contributed by atoms with E-state index in [4.69, 9.17) is 9.73 Å². The number of nitrogens with zero attached hydrogens (tertiary/aromatic N) is 2. The number of aryl methyl sites for hydroxylation is 1. The van der Waals surface area contributed by atoms with E-state index in [-0.39, 0.29) is 0 Å². The summed E-state index contributed by atoms with van der Waals surface area (Å²) in [6.07, 6.45) is 4.58. The van der Waals surface area contributed by atoms with E-state index < -0.39 is 0 Å². The number of fused-ring (bicyclic) bond motifs is 1. The standard InChI is InChI=1S/C26H36N4O2/c1-2-27-26(29-18-24-23-10-6-5-7-20(23)11-12-25(24)31)28-17-21-8-3-4-9-22(21)19-30-13-15-32-16-14-30/h3-4,8-9,11-12,31H,2,5-7,10,13-19H2,1H3,(H2,27,28,29). The van der Waals surface area contributed by atoms with Crippen LogP contribution in [0.15, 0.2) is 41.4 Å². The van der Waals surface area contributed by atoms with Gasteiger partial charge in [0.15, 0.2) is 5.96 Å². The van der Waals surface area contributed by atoms with E-state index in [1.807, 2.05) is 6.07 Å². The van der Waals surface area contributed by atoms with E-state index in [0.29, 0.717) is 18.8 Å². The number of hydrogen-bond acceptors (Lipinski definition) is 4. The summed E-state index contributed by atoms with van der Waals surface area (Å²) in [4.78, 5) is 7.31. The molecule has 0 aromatic heterocycles. The number of guanidine groups is 1. The first-order chi connectivity index (χ1) is 15.7. The van der Waals surface area contributed by atoms with Crippen molar-refractivity contribution in [1.82, 2.24) is 15.5 Å². The van der Waals surface area contributed by atoms with E-state index in [1.54, 1.807) is 0 Å². The monoisotopic (exact) mass is 436 g/mol. The molecule has 0 amide bonds. The summed E-state index contributed by atoms with van der Waals surface area (Å²) < 4.78 is 5.48. The number of rotatable bonds is 7. The zero-order valence-electron chi connectivity index (χ0n) is 19.2. The molecule has 1 saturated heterocycles. The number of hydrogen-bond donors (Lipinski definition) is 3. The Morgan fingerprint density at radius 3 is 2.62 bits per heavy atom. The molecule has 1 aliphatic carbocycles. The molecule has 1 aliphatic heterocycles. The molecular weight excluding hydrogens is 400 g/mol. The second-order valence-electron chi connectivity index (χ2n) is 8.61. The van der Waals surface area contributed by atoms with Gasteiger partial charge in [0.1, 0.15) is 5.75 Å². The Bertz CT molecular complexity index is 922. The topological polar surface area (TPSA) is 69.1 Å². The first-order valence-electron chi connectivity index (χ1n) is 12.0. The average Bonchev–Trinajstić information content (AvgIpc) is 2.83. The van der Waals surface area contributed by atoms with Gasteiger partial charge < -0.3 is 20.5 Å². The van der Waals surface area contributed by atoms with Crippen LogP contribution in [0.25, 0.3) is 0 Å². The Morgan fingerprint density at radius 2 is 1.81 bits per heavy atom. The molecule has 32 heavy (non-hydrogen) atoms. The maximum Gasteiger partial charge on any atom is 0.191 e. The van der Waals surface area contributed by atoms with Gasteiger partial charge in [-0.05, 0) is 60.9 Å². The number of phenolic OH excluding ortho intramolecular Hbond substituents is 1. The van der Waals surface area contributed by atoms with Gasteiger partial charge >= 0.3 is 0 Å². The molecule has 172 valence electrons. The Kier molecular flexibility index (Phi) is 8.02. The first-order valence-corrected chi connectivity index (χ1v) is 12.0. The van der Waals surface area contributed by atoms with Crippen LogP contribution in [0.1, 0.15) is 47.6 Å². The zero-order valence-corrected chi connectivity index (χ0v) is 19.2. The number of morpholine rings is 1. The molecule has 0 radical (unpaired) electrons. The summed E-state index contributed by atoms with van der Waals surface area (Å²) in [7, 11) is 0. The van der Waals surface area contributed by atoms with E-state index in [2.05, 4.69) is 52.8 Å². The van der Waals surface area contributed by atoms with Gasteiger partial charge in [0.05, 0.1) is 19.8 Å². The molecule has 0 saturated carbocycles. The van der Waals surface area contributed by atoms with Gasteiger partial charge in [-0.1, -0.05) is 30.3 Å². The molecule has 0 spiro atoms. The van der Waals surface area contributed by atoms with E-state index in [1.165, 1.54) is 35.1 Å². The third-order valence-corrected chi connectivity index (χ3v) is 6.43. The van der Waals surface area contributed by atoms with Crippen LogP contribution < -0.4 is 10.6 Å². The zero-order chi connectivity index (χ0) is 22.2. The molecule has 1 fully saturated rings. The fourth-order valence-corrected chi connectivity index (χ4v) is 4.63. The van der Waals surface area contributed by atoms with Gasteiger partial charge in [-0.2, -0.15) is 0 Å². The van der Waals surface area contributed by atoms with Crippen molar-refractivity contribution in [1.29, 1.82) is 0 Å². The Morgan fingerprint density at radius 1 is 1.03 bits per heavy atom. The lowest BCUT2D eigenvalue weighted by Crippen LogP contribution is -2.37. The first kappa shape index (κ1) is 22.6.